The van der Waals surface area contributed by atoms with E-state index in [1.54, 1.807) is 6.07 Å². The summed E-state index contributed by atoms with van der Waals surface area (Å²) in [6, 6.07) is 4.43. The number of benzene rings is 1. The number of aromatic nitrogens is 1. The number of rotatable bonds is 5. The first-order chi connectivity index (χ1) is 10.7. The molecule has 0 radical (unpaired) electrons. The number of hydrogen-bond donors (Lipinski definition) is 2. The van der Waals surface area contributed by atoms with Crippen molar-refractivity contribution in [2.45, 2.75) is 32.7 Å². The van der Waals surface area contributed by atoms with Gasteiger partial charge in [0.15, 0.2) is 0 Å². The lowest BCUT2D eigenvalue weighted by atomic mass is 9.98. The number of aryl methyl sites for hydroxylation is 1. The van der Waals surface area contributed by atoms with Crippen molar-refractivity contribution < 1.29 is 14.7 Å². The third-order valence-corrected chi connectivity index (χ3v) is 5.28. The molecule has 1 aromatic carbocycles. The molecule has 5 nitrogen and oxygen atoms in total. The third kappa shape index (κ3) is 3.97. The van der Waals surface area contributed by atoms with Gasteiger partial charge in [-0.05, 0) is 38.5 Å². The SMILES string of the molecule is CCC(C)(NC(=O)c1cc(Br)cc(C(=O)O)c1)c1nc(C)cs1. The molecule has 0 aliphatic heterocycles. The molecule has 2 rings (SSSR count). The lowest BCUT2D eigenvalue weighted by Gasteiger charge is -2.27. The van der Waals surface area contributed by atoms with Crippen LogP contribution in [0.1, 0.15) is 51.7 Å². The molecule has 0 aliphatic carbocycles. The molecule has 0 aliphatic rings. The molecule has 0 saturated heterocycles. The van der Waals surface area contributed by atoms with Crippen LogP contribution in [-0.4, -0.2) is 22.0 Å². The van der Waals surface area contributed by atoms with Crippen molar-refractivity contribution in [3.05, 3.63) is 49.9 Å². The summed E-state index contributed by atoms with van der Waals surface area (Å²) < 4.78 is 0.547. The predicted octanol–water partition coefficient (Wildman–Crippen LogP) is 3.97. The zero-order chi connectivity index (χ0) is 17.2. The Morgan fingerprint density at radius 2 is 2.00 bits per heavy atom. The average molecular weight is 397 g/mol. The highest BCUT2D eigenvalue weighted by Gasteiger charge is 2.30. The Morgan fingerprint density at radius 1 is 1.35 bits per heavy atom. The maximum absolute atomic E-state index is 12.6. The van der Waals surface area contributed by atoms with Crippen molar-refractivity contribution in [2.24, 2.45) is 0 Å². The fraction of sp³-hybridized carbons (Fsp3) is 0.312. The van der Waals surface area contributed by atoms with Crippen LogP contribution in [0, 0.1) is 6.92 Å². The highest BCUT2D eigenvalue weighted by molar-refractivity contribution is 9.10. The minimum atomic E-state index is -1.07. The Morgan fingerprint density at radius 3 is 2.52 bits per heavy atom. The van der Waals surface area contributed by atoms with Gasteiger partial charge < -0.3 is 10.4 Å². The Kier molecular flexibility index (Phi) is 5.21. The normalized spacial score (nSPS) is 13.4. The van der Waals surface area contributed by atoms with Gasteiger partial charge in [-0.25, -0.2) is 9.78 Å². The van der Waals surface area contributed by atoms with E-state index < -0.39 is 11.5 Å². The second kappa shape index (κ2) is 6.80. The number of thiazole rings is 1. The van der Waals surface area contributed by atoms with E-state index in [9.17, 15) is 9.59 Å². The molecule has 1 aromatic heterocycles. The van der Waals surface area contributed by atoms with Gasteiger partial charge in [0.25, 0.3) is 5.91 Å². The maximum atomic E-state index is 12.6. The molecule has 1 atom stereocenters. The molecule has 23 heavy (non-hydrogen) atoms. The monoisotopic (exact) mass is 396 g/mol. The zero-order valence-corrected chi connectivity index (χ0v) is 15.4. The molecular weight excluding hydrogens is 380 g/mol. The van der Waals surface area contributed by atoms with Crippen LogP contribution in [0.2, 0.25) is 0 Å². The van der Waals surface area contributed by atoms with E-state index in [-0.39, 0.29) is 11.5 Å². The maximum Gasteiger partial charge on any atom is 0.335 e. The van der Waals surface area contributed by atoms with Crippen LogP contribution in [0.15, 0.2) is 28.1 Å². The van der Waals surface area contributed by atoms with E-state index in [2.05, 4.69) is 26.2 Å². The van der Waals surface area contributed by atoms with Crippen molar-refractivity contribution >= 4 is 39.1 Å². The van der Waals surface area contributed by atoms with Crippen LogP contribution >= 0.6 is 27.3 Å². The van der Waals surface area contributed by atoms with Gasteiger partial charge in [0.05, 0.1) is 11.1 Å². The molecular formula is C16H17BrN2O3S. The van der Waals surface area contributed by atoms with Crippen LogP contribution in [0.3, 0.4) is 0 Å². The van der Waals surface area contributed by atoms with Gasteiger partial charge in [0, 0.05) is 21.1 Å². The van der Waals surface area contributed by atoms with E-state index in [0.29, 0.717) is 16.5 Å². The standard InChI is InChI=1S/C16H17BrN2O3S/c1-4-16(3,15-18-9(2)8-23-15)19-13(20)10-5-11(14(21)22)7-12(17)6-10/h5-8H,4H2,1-3H3,(H,19,20)(H,21,22). The molecule has 2 N–H and O–H groups in total. The van der Waals surface area contributed by atoms with Crippen molar-refractivity contribution in [3.8, 4) is 0 Å². The number of halogens is 1. The number of nitrogens with one attached hydrogen (secondary N) is 1. The van der Waals surface area contributed by atoms with Gasteiger partial charge >= 0.3 is 5.97 Å². The first kappa shape index (κ1) is 17.6. The number of carbonyl (C=O) groups excluding carboxylic acids is 1. The Balaban J connectivity index is 2.32. The number of amides is 1. The molecule has 1 heterocycles. The van der Waals surface area contributed by atoms with Crippen molar-refractivity contribution in [2.75, 3.05) is 0 Å². The topological polar surface area (TPSA) is 79.3 Å². The Bertz CT molecular complexity index is 760. The van der Waals surface area contributed by atoms with Crippen LogP contribution in [0.5, 0.6) is 0 Å². The Hall–Kier alpha value is -1.73. The molecule has 7 heteroatoms. The minimum Gasteiger partial charge on any atom is -0.478 e. The summed E-state index contributed by atoms with van der Waals surface area (Å²) in [6.07, 6.45) is 0.672. The highest BCUT2D eigenvalue weighted by atomic mass is 79.9. The first-order valence-electron chi connectivity index (χ1n) is 7.04. The summed E-state index contributed by atoms with van der Waals surface area (Å²) in [7, 11) is 0. The van der Waals surface area contributed by atoms with Crippen LogP contribution < -0.4 is 5.32 Å². The lowest BCUT2D eigenvalue weighted by Crippen LogP contribution is -2.43. The quantitative estimate of drug-likeness (QED) is 0.800. The van der Waals surface area contributed by atoms with Crippen LogP contribution in [0.25, 0.3) is 0 Å². The second-order valence-corrected chi connectivity index (χ2v) is 7.24. The summed E-state index contributed by atoms with van der Waals surface area (Å²) in [5.41, 5.74) is 0.675. The first-order valence-corrected chi connectivity index (χ1v) is 8.71. The summed E-state index contributed by atoms with van der Waals surface area (Å²) in [4.78, 5) is 28.2. The van der Waals surface area contributed by atoms with Gasteiger partial charge in [-0.1, -0.05) is 22.9 Å². The molecule has 1 amide bonds. The summed E-state index contributed by atoms with van der Waals surface area (Å²) in [5, 5.41) is 14.9. The van der Waals surface area contributed by atoms with E-state index in [4.69, 9.17) is 5.11 Å². The van der Waals surface area contributed by atoms with Crippen molar-refractivity contribution in [3.63, 3.8) is 0 Å². The fourth-order valence-electron chi connectivity index (χ4n) is 2.07. The molecule has 0 saturated carbocycles. The molecule has 1 unspecified atom stereocenters. The van der Waals surface area contributed by atoms with Gasteiger partial charge in [0.2, 0.25) is 0 Å². The summed E-state index contributed by atoms with van der Waals surface area (Å²) in [6.45, 7) is 5.80. The van der Waals surface area contributed by atoms with Gasteiger partial charge in [-0.15, -0.1) is 11.3 Å². The van der Waals surface area contributed by atoms with E-state index in [1.807, 2.05) is 26.2 Å². The van der Waals surface area contributed by atoms with Gasteiger partial charge in [-0.3, -0.25) is 4.79 Å². The molecule has 0 spiro atoms. The van der Waals surface area contributed by atoms with E-state index >= 15 is 0 Å². The number of aromatic carboxylic acids is 1. The molecule has 0 bridgehead atoms. The second-order valence-electron chi connectivity index (χ2n) is 5.47. The molecule has 2 aromatic rings. The average Bonchev–Trinajstić information content (AvgIpc) is 2.93. The largest absolute Gasteiger partial charge is 0.478 e. The smallest absolute Gasteiger partial charge is 0.335 e. The Labute approximate surface area is 146 Å². The number of carbonyl (C=O) groups is 2. The number of hydrogen-bond acceptors (Lipinski definition) is 4. The van der Waals surface area contributed by atoms with Crippen LogP contribution in [0.4, 0.5) is 0 Å². The zero-order valence-electron chi connectivity index (χ0n) is 13.0. The highest BCUT2D eigenvalue weighted by Crippen LogP contribution is 2.28. The van der Waals surface area contributed by atoms with Gasteiger partial charge in [0.1, 0.15) is 5.01 Å². The molecule has 122 valence electrons. The van der Waals surface area contributed by atoms with Crippen LogP contribution in [-0.2, 0) is 5.54 Å². The fourth-order valence-corrected chi connectivity index (χ4v) is 3.55. The van der Waals surface area contributed by atoms with Crippen molar-refractivity contribution in [1.82, 2.24) is 10.3 Å². The van der Waals surface area contributed by atoms with Gasteiger partial charge in [-0.2, -0.15) is 0 Å². The summed E-state index contributed by atoms with van der Waals surface area (Å²) >= 11 is 4.74. The van der Waals surface area contributed by atoms with E-state index in [1.165, 1.54) is 23.5 Å². The predicted molar refractivity (Wildman–Crippen MR) is 93.1 cm³/mol. The van der Waals surface area contributed by atoms with Crippen molar-refractivity contribution in [1.29, 1.82) is 0 Å². The number of carboxylic acid groups (broad SMARTS) is 1. The van der Waals surface area contributed by atoms with E-state index in [0.717, 1.165) is 10.7 Å². The third-order valence-electron chi connectivity index (χ3n) is 3.59. The lowest BCUT2D eigenvalue weighted by molar-refractivity contribution is 0.0697. The molecule has 0 fully saturated rings. The number of carboxylic acids is 1. The minimum absolute atomic E-state index is 0.0628. The number of nitrogens with zero attached hydrogens (tertiary/aromatic N) is 1. The summed E-state index contributed by atoms with van der Waals surface area (Å²) in [5.74, 6) is -1.40.